The van der Waals surface area contributed by atoms with Crippen LogP contribution in [0.1, 0.15) is 36.2 Å². The molecule has 2 aromatic rings. The summed E-state index contributed by atoms with van der Waals surface area (Å²) >= 11 is 5.78. The first-order chi connectivity index (χ1) is 11.1. The highest BCUT2D eigenvalue weighted by atomic mass is 35.5. The average molecular weight is 331 g/mol. The van der Waals surface area contributed by atoms with Gasteiger partial charge in [-0.2, -0.15) is 5.10 Å². The minimum absolute atomic E-state index is 0.188. The molecule has 5 heteroatoms. The van der Waals surface area contributed by atoms with Gasteiger partial charge in [0, 0.05) is 10.6 Å². The molecule has 0 aliphatic carbocycles. The van der Waals surface area contributed by atoms with E-state index in [2.05, 4.69) is 17.5 Å². The fourth-order valence-corrected chi connectivity index (χ4v) is 1.91. The molecule has 0 saturated carbocycles. The number of hydrogen-bond donors (Lipinski definition) is 1. The van der Waals surface area contributed by atoms with Gasteiger partial charge in [0.25, 0.3) is 5.91 Å². The van der Waals surface area contributed by atoms with Crippen molar-refractivity contribution in [3.63, 3.8) is 0 Å². The van der Waals surface area contributed by atoms with Crippen LogP contribution in [0.15, 0.2) is 53.6 Å². The Morgan fingerprint density at radius 2 is 1.87 bits per heavy atom. The summed E-state index contributed by atoms with van der Waals surface area (Å²) in [6, 6.07) is 14.2. The van der Waals surface area contributed by atoms with Crippen molar-refractivity contribution < 1.29 is 9.53 Å². The molecule has 0 fully saturated rings. The van der Waals surface area contributed by atoms with Crippen LogP contribution in [-0.4, -0.2) is 18.2 Å². The number of halogens is 1. The molecule has 0 radical (unpaired) electrons. The van der Waals surface area contributed by atoms with E-state index in [1.165, 1.54) is 0 Å². The summed E-state index contributed by atoms with van der Waals surface area (Å²) in [7, 11) is 0. The smallest absolute Gasteiger partial charge is 0.271 e. The quantitative estimate of drug-likeness (QED) is 0.634. The van der Waals surface area contributed by atoms with Crippen LogP contribution in [0, 0.1) is 0 Å². The van der Waals surface area contributed by atoms with Crippen molar-refractivity contribution in [3.05, 3.63) is 64.7 Å². The molecule has 0 aliphatic heterocycles. The van der Waals surface area contributed by atoms with Gasteiger partial charge in [-0.15, -0.1) is 0 Å². The Bertz CT molecular complexity index is 666. The van der Waals surface area contributed by atoms with Gasteiger partial charge in [0.1, 0.15) is 5.75 Å². The van der Waals surface area contributed by atoms with Crippen LogP contribution in [0.5, 0.6) is 5.75 Å². The summed E-state index contributed by atoms with van der Waals surface area (Å²) in [4.78, 5) is 11.9. The first-order valence-electron chi connectivity index (χ1n) is 7.44. The van der Waals surface area contributed by atoms with Gasteiger partial charge in [-0.3, -0.25) is 4.79 Å². The predicted octanol–water partition coefficient (Wildman–Crippen LogP) is 4.28. The SMILES string of the molecule is CC[C@@H](C)Oc1ccc(/C=N\NC(=O)c2ccc(Cl)cc2)cc1. The molecule has 0 spiro atoms. The second-order valence-corrected chi connectivity index (χ2v) is 5.55. The molecule has 1 amide bonds. The van der Waals surface area contributed by atoms with Gasteiger partial charge in [-0.05, 0) is 67.4 Å². The molecule has 1 N–H and O–H groups in total. The second-order valence-electron chi connectivity index (χ2n) is 5.11. The number of carbonyl (C=O) groups is 1. The normalized spacial score (nSPS) is 12.1. The molecule has 2 rings (SSSR count). The number of benzene rings is 2. The zero-order valence-corrected chi connectivity index (χ0v) is 13.9. The zero-order valence-electron chi connectivity index (χ0n) is 13.1. The lowest BCUT2D eigenvalue weighted by Gasteiger charge is -2.12. The van der Waals surface area contributed by atoms with E-state index in [9.17, 15) is 4.79 Å². The van der Waals surface area contributed by atoms with E-state index in [0.29, 0.717) is 10.6 Å². The van der Waals surface area contributed by atoms with Crippen LogP contribution in [-0.2, 0) is 0 Å². The Kier molecular flexibility index (Phi) is 6.18. The van der Waals surface area contributed by atoms with Gasteiger partial charge >= 0.3 is 0 Å². The van der Waals surface area contributed by atoms with E-state index < -0.39 is 0 Å². The zero-order chi connectivity index (χ0) is 16.7. The van der Waals surface area contributed by atoms with Crippen LogP contribution in [0.2, 0.25) is 5.02 Å². The second kappa shape index (κ2) is 8.34. The average Bonchev–Trinajstić information content (AvgIpc) is 2.57. The Hall–Kier alpha value is -2.33. The number of hydrogen-bond acceptors (Lipinski definition) is 3. The Balaban J connectivity index is 1.90. The Labute approximate surface area is 141 Å². The van der Waals surface area contributed by atoms with Gasteiger partial charge in [0.15, 0.2) is 0 Å². The summed E-state index contributed by atoms with van der Waals surface area (Å²) in [6.07, 6.45) is 2.73. The third-order valence-electron chi connectivity index (χ3n) is 3.28. The lowest BCUT2D eigenvalue weighted by Crippen LogP contribution is -2.17. The minimum Gasteiger partial charge on any atom is -0.491 e. The first-order valence-corrected chi connectivity index (χ1v) is 7.82. The number of hydrazone groups is 1. The molecule has 0 saturated heterocycles. The number of amides is 1. The maximum atomic E-state index is 11.9. The van der Waals surface area contributed by atoms with E-state index in [-0.39, 0.29) is 12.0 Å². The number of ether oxygens (including phenoxy) is 1. The molecule has 0 aliphatic rings. The monoisotopic (exact) mass is 330 g/mol. The minimum atomic E-state index is -0.283. The highest BCUT2D eigenvalue weighted by Gasteiger charge is 2.03. The third-order valence-corrected chi connectivity index (χ3v) is 3.53. The summed E-state index contributed by atoms with van der Waals surface area (Å²) in [5, 5.41) is 4.54. The number of nitrogens with one attached hydrogen (secondary N) is 1. The summed E-state index contributed by atoms with van der Waals surface area (Å²) < 4.78 is 5.70. The fourth-order valence-electron chi connectivity index (χ4n) is 1.78. The molecule has 0 bridgehead atoms. The van der Waals surface area contributed by atoms with Crippen molar-refractivity contribution in [1.82, 2.24) is 5.43 Å². The Morgan fingerprint density at radius 1 is 1.22 bits per heavy atom. The summed E-state index contributed by atoms with van der Waals surface area (Å²) in [6.45, 7) is 4.11. The molecule has 120 valence electrons. The Morgan fingerprint density at radius 3 is 2.48 bits per heavy atom. The molecule has 0 unspecified atom stereocenters. The van der Waals surface area contributed by atoms with Crippen molar-refractivity contribution in [2.75, 3.05) is 0 Å². The number of nitrogens with zero attached hydrogens (tertiary/aromatic N) is 1. The third kappa shape index (κ3) is 5.42. The molecule has 0 heterocycles. The standard InChI is InChI=1S/C18H19ClN2O2/c1-3-13(2)23-17-10-4-14(5-11-17)12-20-21-18(22)15-6-8-16(19)9-7-15/h4-13H,3H2,1-2H3,(H,21,22)/b20-12-/t13-/m1/s1. The van der Waals surface area contributed by atoms with E-state index in [1.54, 1.807) is 30.5 Å². The van der Waals surface area contributed by atoms with Crippen molar-refractivity contribution in [1.29, 1.82) is 0 Å². The van der Waals surface area contributed by atoms with E-state index >= 15 is 0 Å². The number of rotatable bonds is 6. The molecule has 23 heavy (non-hydrogen) atoms. The van der Waals surface area contributed by atoms with Crippen LogP contribution in [0.4, 0.5) is 0 Å². The van der Waals surface area contributed by atoms with Gasteiger partial charge in [0.05, 0.1) is 12.3 Å². The highest BCUT2D eigenvalue weighted by Crippen LogP contribution is 2.14. The van der Waals surface area contributed by atoms with Crippen molar-refractivity contribution >= 4 is 23.7 Å². The molecule has 0 aromatic heterocycles. The van der Waals surface area contributed by atoms with Gasteiger partial charge in [-0.1, -0.05) is 18.5 Å². The lowest BCUT2D eigenvalue weighted by atomic mass is 10.2. The lowest BCUT2D eigenvalue weighted by molar-refractivity contribution is 0.0955. The van der Waals surface area contributed by atoms with Crippen molar-refractivity contribution in [2.45, 2.75) is 26.4 Å². The summed E-state index contributed by atoms with van der Waals surface area (Å²) in [5.41, 5.74) is 3.86. The van der Waals surface area contributed by atoms with Crippen LogP contribution < -0.4 is 10.2 Å². The van der Waals surface area contributed by atoms with Gasteiger partial charge in [-0.25, -0.2) is 5.43 Å². The predicted molar refractivity (Wildman–Crippen MR) is 93.3 cm³/mol. The van der Waals surface area contributed by atoms with E-state index in [4.69, 9.17) is 16.3 Å². The molecule has 2 aromatic carbocycles. The van der Waals surface area contributed by atoms with Crippen LogP contribution in [0.25, 0.3) is 0 Å². The maximum Gasteiger partial charge on any atom is 0.271 e. The maximum absolute atomic E-state index is 11.9. The van der Waals surface area contributed by atoms with Crippen molar-refractivity contribution in [3.8, 4) is 5.75 Å². The summed E-state index contributed by atoms with van der Waals surface area (Å²) in [5.74, 6) is 0.538. The molecular weight excluding hydrogens is 312 g/mol. The van der Waals surface area contributed by atoms with Gasteiger partial charge < -0.3 is 4.74 Å². The van der Waals surface area contributed by atoms with Gasteiger partial charge in [0.2, 0.25) is 0 Å². The van der Waals surface area contributed by atoms with Crippen LogP contribution >= 0.6 is 11.6 Å². The number of carbonyl (C=O) groups excluding carboxylic acids is 1. The van der Waals surface area contributed by atoms with Crippen LogP contribution in [0.3, 0.4) is 0 Å². The molecule has 4 nitrogen and oxygen atoms in total. The van der Waals surface area contributed by atoms with Crippen molar-refractivity contribution in [2.24, 2.45) is 5.10 Å². The van der Waals surface area contributed by atoms with E-state index in [0.717, 1.165) is 17.7 Å². The first kappa shape index (κ1) is 17.0. The van der Waals surface area contributed by atoms with E-state index in [1.807, 2.05) is 31.2 Å². The molecular formula is C18H19ClN2O2. The fraction of sp³-hybridized carbons (Fsp3) is 0.222. The molecule has 1 atom stereocenters. The highest BCUT2D eigenvalue weighted by molar-refractivity contribution is 6.30. The largest absolute Gasteiger partial charge is 0.491 e. The topological polar surface area (TPSA) is 50.7 Å².